The molecule has 0 N–H and O–H groups in total. The van der Waals surface area contributed by atoms with Crippen LogP contribution in [0, 0.1) is 6.92 Å². The number of hydrogen-bond donors (Lipinski definition) is 0. The first-order chi connectivity index (χ1) is 14.4. The average Bonchev–Trinajstić information content (AvgIpc) is 3.29. The molecule has 0 fully saturated rings. The van der Waals surface area contributed by atoms with Gasteiger partial charge in [0.15, 0.2) is 17.2 Å². The highest BCUT2D eigenvalue weighted by molar-refractivity contribution is 6.46. The van der Waals surface area contributed by atoms with Crippen LogP contribution in [0.5, 0.6) is 0 Å². The van der Waals surface area contributed by atoms with Crippen LogP contribution in [0.4, 0.5) is 0 Å². The summed E-state index contributed by atoms with van der Waals surface area (Å²) >= 11 is 12.1. The summed E-state index contributed by atoms with van der Waals surface area (Å²) in [5.41, 5.74) is 3.88. The molecule has 0 aliphatic heterocycles. The lowest BCUT2D eigenvalue weighted by molar-refractivity contribution is 0.0990. The summed E-state index contributed by atoms with van der Waals surface area (Å²) in [6.07, 6.45) is 1.62. The minimum atomic E-state index is -0.359. The van der Waals surface area contributed by atoms with E-state index in [0.717, 1.165) is 22.7 Å². The van der Waals surface area contributed by atoms with E-state index < -0.39 is 0 Å². The molecule has 2 aromatic carbocycles. The Labute approximate surface area is 182 Å². The van der Waals surface area contributed by atoms with Crippen LogP contribution in [0.2, 0.25) is 10.0 Å². The first-order valence-electron chi connectivity index (χ1n) is 9.27. The Morgan fingerprint density at radius 1 is 0.933 bits per heavy atom. The maximum atomic E-state index is 13.0. The second-order valence-corrected chi connectivity index (χ2v) is 8.01. The molecule has 0 bridgehead atoms. The Kier molecular flexibility index (Phi) is 4.20. The fourth-order valence-electron chi connectivity index (χ4n) is 3.81. The standard InChI is InChI=1S/C23H15Cl2N3O2/c1-12-26-23-20(27(12)2)9-14(28(23)13-6-4-3-5-7-13)8-17-21(29)15-10-18(24)19(25)11-16(15)22(17)30/h3-11H,1-2H3. The highest BCUT2D eigenvalue weighted by Gasteiger charge is 2.34. The van der Waals surface area contributed by atoms with Crippen molar-refractivity contribution < 1.29 is 9.59 Å². The molecule has 0 unspecified atom stereocenters. The molecular formula is C23H15Cl2N3O2. The molecule has 5 nitrogen and oxygen atoms in total. The van der Waals surface area contributed by atoms with Gasteiger partial charge < -0.3 is 4.57 Å². The number of carbonyl (C=O) groups is 2. The number of nitrogens with zero attached hydrogens (tertiary/aromatic N) is 3. The summed E-state index contributed by atoms with van der Waals surface area (Å²) in [7, 11) is 1.93. The lowest BCUT2D eigenvalue weighted by Gasteiger charge is -2.07. The van der Waals surface area contributed by atoms with Crippen LogP contribution in [0.15, 0.2) is 54.1 Å². The fraction of sp³-hybridized carbons (Fsp3) is 0.0870. The Hall–Kier alpha value is -3.15. The van der Waals surface area contributed by atoms with Crippen LogP contribution in [0.1, 0.15) is 32.2 Å². The van der Waals surface area contributed by atoms with Crippen LogP contribution >= 0.6 is 23.2 Å². The van der Waals surface area contributed by atoms with Crippen molar-refractivity contribution in [3.63, 3.8) is 0 Å². The number of allylic oxidation sites excluding steroid dienone is 1. The van der Waals surface area contributed by atoms with Gasteiger partial charge in [0.25, 0.3) is 0 Å². The van der Waals surface area contributed by atoms with E-state index in [1.54, 1.807) is 6.08 Å². The molecule has 0 spiro atoms. The van der Waals surface area contributed by atoms with Gasteiger partial charge in [-0.2, -0.15) is 0 Å². The quantitative estimate of drug-likeness (QED) is 0.311. The number of fused-ring (bicyclic) bond motifs is 2. The number of halogens is 2. The minimum Gasteiger partial charge on any atom is -0.330 e. The van der Waals surface area contributed by atoms with Crippen LogP contribution in [-0.2, 0) is 7.05 Å². The highest BCUT2D eigenvalue weighted by atomic mass is 35.5. The second kappa shape index (κ2) is 6.69. The summed E-state index contributed by atoms with van der Waals surface area (Å²) in [5, 5.41) is 0.492. The van der Waals surface area contributed by atoms with E-state index in [-0.39, 0.29) is 38.3 Å². The smallest absolute Gasteiger partial charge is 0.197 e. The number of rotatable bonds is 2. The lowest BCUT2D eigenvalue weighted by atomic mass is 10.1. The third kappa shape index (κ3) is 2.66. The number of aromatic nitrogens is 3. The van der Waals surface area contributed by atoms with E-state index in [2.05, 4.69) is 4.98 Å². The predicted molar refractivity (Wildman–Crippen MR) is 118 cm³/mol. The van der Waals surface area contributed by atoms with Gasteiger partial charge in [0.1, 0.15) is 5.82 Å². The van der Waals surface area contributed by atoms with Crippen molar-refractivity contribution in [3.8, 4) is 5.69 Å². The van der Waals surface area contributed by atoms with E-state index in [4.69, 9.17) is 23.2 Å². The van der Waals surface area contributed by atoms with Gasteiger partial charge in [0.2, 0.25) is 0 Å². The zero-order valence-corrected chi connectivity index (χ0v) is 17.6. The molecule has 4 aromatic rings. The number of para-hydroxylation sites is 1. The van der Waals surface area contributed by atoms with Crippen LogP contribution < -0.4 is 0 Å². The Balaban J connectivity index is 1.74. The lowest BCUT2D eigenvalue weighted by Crippen LogP contribution is -2.03. The Morgan fingerprint density at radius 2 is 1.53 bits per heavy atom. The van der Waals surface area contributed by atoms with E-state index >= 15 is 0 Å². The van der Waals surface area contributed by atoms with Gasteiger partial charge in [0, 0.05) is 23.9 Å². The number of carbonyl (C=O) groups excluding carboxylic acids is 2. The van der Waals surface area contributed by atoms with E-state index in [1.807, 2.05) is 59.5 Å². The van der Waals surface area contributed by atoms with Gasteiger partial charge in [0.05, 0.1) is 26.8 Å². The first kappa shape index (κ1) is 18.9. The zero-order valence-electron chi connectivity index (χ0n) is 16.1. The second-order valence-electron chi connectivity index (χ2n) is 7.20. The van der Waals surface area contributed by atoms with Crippen molar-refractivity contribution in [2.75, 3.05) is 0 Å². The van der Waals surface area contributed by atoms with Crippen LogP contribution in [0.3, 0.4) is 0 Å². The molecule has 0 radical (unpaired) electrons. The van der Waals surface area contributed by atoms with E-state index in [0.29, 0.717) is 5.69 Å². The van der Waals surface area contributed by atoms with Crippen LogP contribution in [0.25, 0.3) is 22.9 Å². The molecule has 0 saturated carbocycles. The molecule has 0 amide bonds. The molecule has 1 aliphatic rings. The summed E-state index contributed by atoms with van der Waals surface area (Å²) in [6, 6.07) is 14.5. The molecule has 148 valence electrons. The minimum absolute atomic E-state index is 0.0834. The number of imidazole rings is 1. The molecule has 2 aromatic heterocycles. The third-order valence-electron chi connectivity index (χ3n) is 5.44. The van der Waals surface area contributed by atoms with Crippen molar-refractivity contribution in [1.29, 1.82) is 0 Å². The molecule has 1 aliphatic carbocycles. The molecule has 2 heterocycles. The summed E-state index contributed by atoms with van der Waals surface area (Å²) in [4.78, 5) is 30.6. The van der Waals surface area contributed by atoms with Gasteiger partial charge in [-0.25, -0.2) is 4.98 Å². The van der Waals surface area contributed by atoms with Crippen molar-refractivity contribution in [1.82, 2.24) is 14.1 Å². The SMILES string of the molecule is Cc1nc2c(cc(C=C3C(=O)c4cc(Cl)c(Cl)cc4C3=O)n2-c2ccccc2)n1C. The largest absolute Gasteiger partial charge is 0.330 e. The average molecular weight is 436 g/mol. The normalized spacial score (nSPS) is 13.4. The fourth-order valence-corrected chi connectivity index (χ4v) is 4.14. The van der Waals surface area contributed by atoms with Crippen LogP contribution in [-0.4, -0.2) is 25.7 Å². The van der Waals surface area contributed by atoms with E-state index in [9.17, 15) is 9.59 Å². The number of hydrogen-bond acceptors (Lipinski definition) is 3. The maximum Gasteiger partial charge on any atom is 0.197 e. The van der Waals surface area contributed by atoms with Gasteiger partial charge in [-0.05, 0) is 43.3 Å². The Morgan fingerprint density at radius 3 is 2.13 bits per heavy atom. The first-order valence-corrected chi connectivity index (χ1v) is 10.0. The van der Waals surface area contributed by atoms with Gasteiger partial charge >= 0.3 is 0 Å². The molecule has 7 heteroatoms. The highest BCUT2D eigenvalue weighted by Crippen LogP contribution is 2.35. The zero-order chi connectivity index (χ0) is 21.2. The predicted octanol–water partition coefficient (Wildman–Crippen LogP) is 5.44. The summed E-state index contributed by atoms with van der Waals surface area (Å²) < 4.78 is 3.92. The molecule has 0 atom stereocenters. The number of ketones is 2. The topological polar surface area (TPSA) is 56.9 Å². The van der Waals surface area contributed by atoms with Gasteiger partial charge in [-0.15, -0.1) is 0 Å². The maximum absolute atomic E-state index is 13.0. The molecule has 0 saturated heterocycles. The number of benzene rings is 2. The summed E-state index contributed by atoms with van der Waals surface area (Å²) in [5.74, 6) is 0.152. The number of Topliss-reactive ketones (excluding diaryl/α,β-unsaturated/α-hetero) is 2. The van der Waals surface area contributed by atoms with E-state index in [1.165, 1.54) is 12.1 Å². The van der Waals surface area contributed by atoms with Crippen molar-refractivity contribution in [3.05, 3.63) is 86.8 Å². The van der Waals surface area contributed by atoms with Crippen molar-refractivity contribution in [2.45, 2.75) is 6.92 Å². The molecule has 30 heavy (non-hydrogen) atoms. The molecular weight excluding hydrogens is 421 g/mol. The van der Waals surface area contributed by atoms with Crippen molar-refractivity contribution >= 4 is 52.0 Å². The summed E-state index contributed by atoms with van der Waals surface area (Å²) in [6.45, 7) is 1.93. The monoisotopic (exact) mass is 435 g/mol. The third-order valence-corrected chi connectivity index (χ3v) is 6.17. The van der Waals surface area contributed by atoms with Gasteiger partial charge in [-0.3, -0.25) is 14.2 Å². The molecule has 5 rings (SSSR count). The van der Waals surface area contributed by atoms with Crippen molar-refractivity contribution in [2.24, 2.45) is 7.05 Å². The van der Waals surface area contributed by atoms with Gasteiger partial charge in [-0.1, -0.05) is 41.4 Å². The number of aryl methyl sites for hydroxylation is 2. The Bertz CT molecular complexity index is 1370.